The molecule has 3 N–H and O–H groups in total. The number of nitrogens with two attached hydrogens (primary N) is 1. The Labute approximate surface area is 122 Å². The highest BCUT2D eigenvalue weighted by molar-refractivity contribution is 5.94. The van der Waals surface area contributed by atoms with Crippen LogP contribution in [0.2, 0.25) is 0 Å². The van der Waals surface area contributed by atoms with E-state index >= 15 is 0 Å². The van der Waals surface area contributed by atoms with Crippen LogP contribution in [0.15, 0.2) is 48.5 Å². The van der Waals surface area contributed by atoms with Crippen LogP contribution in [0.4, 0.5) is 0 Å². The van der Waals surface area contributed by atoms with Crippen molar-refractivity contribution in [3.05, 3.63) is 65.2 Å². The van der Waals surface area contributed by atoms with Gasteiger partial charge in [-0.05, 0) is 23.8 Å². The van der Waals surface area contributed by atoms with Gasteiger partial charge in [0.2, 0.25) is 5.91 Å². The number of amides is 1. The Balaban J connectivity index is 2.03. The van der Waals surface area contributed by atoms with E-state index in [0.717, 1.165) is 0 Å². The van der Waals surface area contributed by atoms with Crippen molar-refractivity contribution in [3.8, 4) is 5.75 Å². The average molecular weight is 285 g/mol. The minimum atomic E-state index is -0.876. The van der Waals surface area contributed by atoms with E-state index in [1.54, 1.807) is 48.5 Å². The standard InChI is InChI=1S/C16H15NO4/c17-16(20)14-4-2-1-3-12(14)10-21-13-7-5-11(6-8-13)9-15(18)19/h1-8H,9-10H2,(H2,17,20)(H,18,19). The highest BCUT2D eigenvalue weighted by atomic mass is 16.5. The smallest absolute Gasteiger partial charge is 0.307 e. The SMILES string of the molecule is NC(=O)c1ccccc1COc1ccc(CC(=O)O)cc1. The maximum Gasteiger partial charge on any atom is 0.307 e. The molecule has 21 heavy (non-hydrogen) atoms. The molecule has 0 heterocycles. The van der Waals surface area contributed by atoms with Gasteiger partial charge >= 0.3 is 5.97 Å². The maximum atomic E-state index is 11.3. The van der Waals surface area contributed by atoms with Crippen LogP contribution in [-0.2, 0) is 17.8 Å². The van der Waals surface area contributed by atoms with E-state index in [-0.39, 0.29) is 13.0 Å². The number of hydrogen-bond donors (Lipinski definition) is 2. The van der Waals surface area contributed by atoms with E-state index in [4.69, 9.17) is 15.6 Å². The summed E-state index contributed by atoms with van der Waals surface area (Å²) in [5, 5.41) is 8.70. The molecule has 0 saturated heterocycles. The zero-order chi connectivity index (χ0) is 15.2. The lowest BCUT2D eigenvalue weighted by Gasteiger charge is -2.09. The summed E-state index contributed by atoms with van der Waals surface area (Å²) in [5.41, 5.74) is 7.14. The molecule has 0 bridgehead atoms. The third-order valence-corrected chi connectivity index (χ3v) is 2.96. The molecule has 0 aliphatic carbocycles. The van der Waals surface area contributed by atoms with Gasteiger partial charge in [0, 0.05) is 11.1 Å². The van der Waals surface area contributed by atoms with E-state index in [9.17, 15) is 9.59 Å². The minimum absolute atomic E-state index is 0.0230. The van der Waals surface area contributed by atoms with Crippen LogP contribution in [0.5, 0.6) is 5.75 Å². The van der Waals surface area contributed by atoms with Crippen molar-refractivity contribution in [2.45, 2.75) is 13.0 Å². The van der Waals surface area contributed by atoms with E-state index in [1.165, 1.54) is 0 Å². The molecule has 108 valence electrons. The Kier molecular flexibility index (Phi) is 4.56. The summed E-state index contributed by atoms with van der Waals surface area (Å²) < 4.78 is 5.59. The number of aliphatic carboxylic acids is 1. The molecule has 5 heteroatoms. The summed E-state index contributed by atoms with van der Waals surface area (Å²) in [6.45, 7) is 0.220. The molecule has 5 nitrogen and oxygen atoms in total. The quantitative estimate of drug-likeness (QED) is 0.849. The molecular weight excluding hydrogens is 270 g/mol. The van der Waals surface area contributed by atoms with Crippen molar-refractivity contribution in [2.24, 2.45) is 5.73 Å². The summed E-state index contributed by atoms with van der Waals surface area (Å²) in [6, 6.07) is 13.8. The monoisotopic (exact) mass is 285 g/mol. The molecule has 0 radical (unpaired) electrons. The number of primary amides is 1. The molecule has 0 fully saturated rings. The van der Waals surface area contributed by atoms with Crippen molar-refractivity contribution < 1.29 is 19.4 Å². The normalized spacial score (nSPS) is 10.1. The lowest BCUT2D eigenvalue weighted by Crippen LogP contribution is -2.14. The Hall–Kier alpha value is -2.82. The van der Waals surface area contributed by atoms with Gasteiger partial charge in [-0.25, -0.2) is 0 Å². The molecular formula is C16H15NO4. The van der Waals surface area contributed by atoms with Gasteiger partial charge in [-0.15, -0.1) is 0 Å². The van der Waals surface area contributed by atoms with Crippen LogP contribution in [0.25, 0.3) is 0 Å². The van der Waals surface area contributed by atoms with Crippen LogP contribution in [0.3, 0.4) is 0 Å². The van der Waals surface area contributed by atoms with Gasteiger partial charge in [0.1, 0.15) is 12.4 Å². The molecule has 0 aliphatic rings. The molecule has 2 aromatic rings. The van der Waals surface area contributed by atoms with Crippen LogP contribution in [-0.4, -0.2) is 17.0 Å². The van der Waals surface area contributed by atoms with Crippen molar-refractivity contribution in [1.82, 2.24) is 0 Å². The second-order valence-electron chi connectivity index (χ2n) is 4.52. The van der Waals surface area contributed by atoms with Gasteiger partial charge in [0.15, 0.2) is 0 Å². The number of carbonyl (C=O) groups is 2. The lowest BCUT2D eigenvalue weighted by atomic mass is 10.1. The molecule has 0 aliphatic heterocycles. The predicted octanol–water partition coefficient (Wildman–Crippen LogP) is 1.99. The Morgan fingerprint density at radius 2 is 1.71 bits per heavy atom. The molecule has 0 atom stereocenters. The van der Waals surface area contributed by atoms with Crippen molar-refractivity contribution >= 4 is 11.9 Å². The number of ether oxygens (including phenoxy) is 1. The van der Waals surface area contributed by atoms with Gasteiger partial charge in [-0.3, -0.25) is 9.59 Å². The number of carboxylic acid groups (broad SMARTS) is 1. The van der Waals surface area contributed by atoms with Gasteiger partial charge < -0.3 is 15.6 Å². The molecule has 0 saturated carbocycles. The minimum Gasteiger partial charge on any atom is -0.489 e. The first kappa shape index (κ1) is 14.6. The fourth-order valence-corrected chi connectivity index (χ4v) is 1.93. The molecule has 0 aromatic heterocycles. The Morgan fingerprint density at radius 3 is 2.33 bits per heavy atom. The highest BCUT2D eigenvalue weighted by Crippen LogP contribution is 2.16. The lowest BCUT2D eigenvalue weighted by molar-refractivity contribution is -0.136. The second-order valence-corrected chi connectivity index (χ2v) is 4.52. The maximum absolute atomic E-state index is 11.3. The van der Waals surface area contributed by atoms with Crippen LogP contribution < -0.4 is 10.5 Å². The number of carbonyl (C=O) groups excluding carboxylic acids is 1. The molecule has 0 spiro atoms. The second kappa shape index (κ2) is 6.56. The summed E-state index contributed by atoms with van der Waals surface area (Å²) >= 11 is 0. The van der Waals surface area contributed by atoms with Crippen LogP contribution in [0, 0.1) is 0 Å². The summed E-state index contributed by atoms with van der Waals surface area (Å²) in [5.74, 6) is -0.770. The van der Waals surface area contributed by atoms with E-state index in [0.29, 0.717) is 22.4 Å². The highest BCUT2D eigenvalue weighted by Gasteiger charge is 2.07. The predicted molar refractivity (Wildman–Crippen MR) is 77.1 cm³/mol. The summed E-state index contributed by atoms with van der Waals surface area (Å²) in [4.78, 5) is 21.9. The van der Waals surface area contributed by atoms with Crippen LogP contribution in [0.1, 0.15) is 21.5 Å². The van der Waals surface area contributed by atoms with E-state index in [1.807, 2.05) is 0 Å². The number of rotatable bonds is 6. The summed E-state index contributed by atoms with van der Waals surface area (Å²) in [6.07, 6.45) is -0.0230. The number of hydrogen-bond acceptors (Lipinski definition) is 3. The fourth-order valence-electron chi connectivity index (χ4n) is 1.93. The van der Waals surface area contributed by atoms with E-state index < -0.39 is 11.9 Å². The Morgan fingerprint density at radius 1 is 1.05 bits per heavy atom. The van der Waals surface area contributed by atoms with Crippen LogP contribution >= 0.6 is 0 Å². The van der Waals surface area contributed by atoms with E-state index in [2.05, 4.69) is 0 Å². The van der Waals surface area contributed by atoms with Crippen molar-refractivity contribution in [2.75, 3.05) is 0 Å². The van der Waals surface area contributed by atoms with Gasteiger partial charge in [-0.1, -0.05) is 30.3 Å². The zero-order valence-corrected chi connectivity index (χ0v) is 11.3. The Bertz CT molecular complexity index is 650. The first-order valence-corrected chi connectivity index (χ1v) is 6.37. The average Bonchev–Trinajstić information content (AvgIpc) is 2.46. The first-order valence-electron chi connectivity index (χ1n) is 6.37. The van der Waals surface area contributed by atoms with Gasteiger partial charge in [0.25, 0.3) is 0 Å². The van der Waals surface area contributed by atoms with Gasteiger partial charge in [0.05, 0.1) is 6.42 Å². The number of benzene rings is 2. The third kappa shape index (κ3) is 4.07. The topological polar surface area (TPSA) is 89.6 Å². The van der Waals surface area contributed by atoms with Gasteiger partial charge in [-0.2, -0.15) is 0 Å². The fraction of sp³-hybridized carbons (Fsp3) is 0.125. The van der Waals surface area contributed by atoms with Crippen molar-refractivity contribution in [3.63, 3.8) is 0 Å². The van der Waals surface area contributed by atoms with Crippen molar-refractivity contribution in [1.29, 1.82) is 0 Å². The number of carboxylic acids is 1. The largest absolute Gasteiger partial charge is 0.489 e. The first-order chi connectivity index (χ1) is 10.1. The molecule has 0 unspecified atom stereocenters. The molecule has 2 aromatic carbocycles. The zero-order valence-electron chi connectivity index (χ0n) is 11.3. The molecule has 1 amide bonds. The molecule has 2 rings (SSSR count). The third-order valence-electron chi connectivity index (χ3n) is 2.96. The summed E-state index contributed by atoms with van der Waals surface area (Å²) in [7, 11) is 0.